The standard InChI is InChI=1S/C22H32FNO2/c1-26-19-7-5-16(6-8-19)9-10-21-11-13-22(24-21,14-12-21)20(25)17-3-2-4-18(23)15-17/h2-4,15-16,19-20,24-25H,5-14H2,1H3/t16?,19?,20-,21?,22?/m1/s1. The van der Waals surface area contributed by atoms with Gasteiger partial charge in [0.15, 0.2) is 0 Å². The second kappa shape index (κ2) is 7.21. The SMILES string of the molecule is COC1CCC(CCC23CCC([C@H](O)c4cccc(F)c4)(CC2)N3)CC1. The zero-order chi connectivity index (χ0) is 18.2. The van der Waals surface area contributed by atoms with Gasteiger partial charge >= 0.3 is 0 Å². The lowest BCUT2D eigenvalue weighted by atomic mass is 9.74. The van der Waals surface area contributed by atoms with Gasteiger partial charge in [0, 0.05) is 18.2 Å². The lowest BCUT2D eigenvalue weighted by molar-refractivity contribution is 0.0539. The van der Waals surface area contributed by atoms with Crippen LogP contribution >= 0.6 is 0 Å². The van der Waals surface area contributed by atoms with E-state index in [1.165, 1.54) is 50.7 Å². The predicted octanol–water partition coefficient (Wildman–Crippen LogP) is 4.50. The van der Waals surface area contributed by atoms with Crippen molar-refractivity contribution in [2.45, 2.75) is 87.5 Å². The molecule has 1 aromatic rings. The maximum Gasteiger partial charge on any atom is 0.123 e. The summed E-state index contributed by atoms with van der Waals surface area (Å²) in [7, 11) is 1.83. The van der Waals surface area contributed by atoms with Crippen molar-refractivity contribution in [2.75, 3.05) is 7.11 Å². The highest BCUT2D eigenvalue weighted by Gasteiger charge is 2.56. The fourth-order valence-corrected chi connectivity index (χ4v) is 5.74. The summed E-state index contributed by atoms with van der Waals surface area (Å²) in [5.74, 6) is 0.549. The monoisotopic (exact) mass is 361 g/mol. The van der Waals surface area contributed by atoms with Crippen LogP contribution in [0.2, 0.25) is 0 Å². The van der Waals surface area contributed by atoms with E-state index in [2.05, 4.69) is 5.32 Å². The molecule has 0 aromatic heterocycles. The summed E-state index contributed by atoms with van der Waals surface area (Å²) in [6.45, 7) is 0. The first-order valence-corrected chi connectivity index (χ1v) is 10.3. The van der Waals surface area contributed by atoms with Gasteiger partial charge in [-0.25, -0.2) is 4.39 Å². The van der Waals surface area contributed by atoms with E-state index in [4.69, 9.17) is 4.74 Å². The Kier molecular flexibility index (Phi) is 5.10. The number of benzene rings is 1. The normalized spacial score (nSPS) is 37.8. The van der Waals surface area contributed by atoms with Crippen LogP contribution in [0.5, 0.6) is 0 Å². The molecule has 4 heteroatoms. The Balaban J connectivity index is 1.36. The van der Waals surface area contributed by atoms with E-state index in [0.29, 0.717) is 11.7 Å². The second-order valence-corrected chi connectivity index (χ2v) is 8.94. The van der Waals surface area contributed by atoms with Crippen molar-refractivity contribution >= 4 is 0 Å². The highest BCUT2D eigenvalue weighted by Crippen LogP contribution is 2.52. The molecule has 1 atom stereocenters. The van der Waals surface area contributed by atoms with Crippen LogP contribution in [0.25, 0.3) is 0 Å². The molecule has 3 nitrogen and oxygen atoms in total. The minimum absolute atomic E-state index is 0.187. The van der Waals surface area contributed by atoms with E-state index in [-0.39, 0.29) is 16.9 Å². The molecule has 2 saturated heterocycles. The molecule has 26 heavy (non-hydrogen) atoms. The Morgan fingerprint density at radius 3 is 2.58 bits per heavy atom. The third kappa shape index (κ3) is 3.44. The van der Waals surface area contributed by atoms with Crippen LogP contribution in [-0.2, 0) is 4.74 Å². The Labute approximate surface area is 156 Å². The molecule has 3 aliphatic rings. The molecule has 0 amide bonds. The van der Waals surface area contributed by atoms with Crippen molar-refractivity contribution in [1.82, 2.24) is 5.32 Å². The Morgan fingerprint density at radius 2 is 1.92 bits per heavy atom. The van der Waals surface area contributed by atoms with E-state index < -0.39 is 6.10 Å². The lowest BCUT2D eigenvalue weighted by Crippen LogP contribution is -2.46. The van der Waals surface area contributed by atoms with Gasteiger partial charge < -0.3 is 15.2 Å². The van der Waals surface area contributed by atoms with Gasteiger partial charge in [-0.3, -0.25) is 0 Å². The maximum atomic E-state index is 13.6. The van der Waals surface area contributed by atoms with E-state index in [1.54, 1.807) is 6.07 Å². The minimum atomic E-state index is -0.625. The number of halogens is 1. The summed E-state index contributed by atoms with van der Waals surface area (Å²) in [6.07, 6.45) is 11.5. The summed E-state index contributed by atoms with van der Waals surface area (Å²) in [5.41, 5.74) is 0.626. The smallest absolute Gasteiger partial charge is 0.123 e. The number of ether oxygens (including phenoxy) is 1. The average Bonchev–Trinajstić information content (AvgIpc) is 3.24. The molecule has 0 radical (unpaired) electrons. The number of rotatable bonds is 6. The largest absolute Gasteiger partial charge is 0.386 e. The van der Waals surface area contributed by atoms with Gasteiger partial charge in [-0.05, 0) is 87.8 Å². The van der Waals surface area contributed by atoms with E-state index >= 15 is 0 Å². The number of hydrogen-bond acceptors (Lipinski definition) is 3. The van der Waals surface area contributed by atoms with Gasteiger partial charge in [0.1, 0.15) is 5.82 Å². The molecular formula is C22H32FNO2. The van der Waals surface area contributed by atoms with Crippen molar-refractivity contribution in [2.24, 2.45) is 5.92 Å². The van der Waals surface area contributed by atoms with Crippen LogP contribution in [0.4, 0.5) is 4.39 Å². The van der Waals surface area contributed by atoms with Crippen molar-refractivity contribution < 1.29 is 14.2 Å². The number of aliphatic hydroxyl groups is 1. The quantitative estimate of drug-likeness (QED) is 0.784. The van der Waals surface area contributed by atoms with Crippen molar-refractivity contribution in [1.29, 1.82) is 0 Å². The first kappa shape index (κ1) is 18.4. The Morgan fingerprint density at radius 1 is 1.19 bits per heavy atom. The minimum Gasteiger partial charge on any atom is -0.386 e. The first-order valence-electron chi connectivity index (χ1n) is 10.3. The van der Waals surface area contributed by atoms with Crippen LogP contribution in [0.3, 0.4) is 0 Å². The fourth-order valence-electron chi connectivity index (χ4n) is 5.74. The molecule has 1 aromatic carbocycles. The highest BCUT2D eigenvalue weighted by molar-refractivity contribution is 5.27. The van der Waals surface area contributed by atoms with Crippen LogP contribution in [0.15, 0.2) is 24.3 Å². The van der Waals surface area contributed by atoms with E-state index in [0.717, 1.165) is 31.6 Å². The summed E-state index contributed by atoms with van der Waals surface area (Å²) < 4.78 is 19.1. The second-order valence-electron chi connectivity index (χ2n) is 8.94. The topological polar surface area (TPSA) is 41.5 Å². The molecule has 0 spiro atoms. The van der Waals surface area contributed by atoms with Crippen molar-refractivity contribution in [3.8, 4) is 0 Å². The van der Waals surface area contributed by atoms with Crippen molar-refractivity contribution in [3.63, 3.8) is 0 Å². The summed E-state index contributed by atoms with van der Waals surface area (Å²) >= 11 is 0. The van der Waals surface area contributed by atoms with Crippen LogP contribution in [0, 0.1) is 11.7 Å². The van der Waals surface area contributed by atoms with E-state index in [1.807, 2.05) is 13.2 Å². The Hall–Kier alpha value is -0.970. The molecule has 2 aliphatic heterocycles. The molecule has 2 bridgehead atoms. The molecule has 0 unspecified atom stereocenters. The predicted molar refractivity (Wildman–Crippen MR) is 100 cm³/mol. The number of aliphatic hydroxyl groups excluding tert-OH is 1. The summed E-state index contributed by atoms with van der Waals surface area (Å²) in [5, 5.41) is 14.8. The van der Waals surface area contributed by atoms with Crippen LogP contribution in [-0.4, -0.2) is 29.4 Å². The van der Waals surface area contributed by atoms with Crippen LogP contribution in [0.1, 0.15) is 75.9 Å². The Bertz CT molecular complexity index is 618. The molecule has 1 aliphatic carbocycles. The highest BCUT2D eigenvalue weighted by atomic mass is 19.1. The van der Waals surface area contributed by atoms with Gasteiger partial charge in [-0.1, -0.05) is 12.1 Å². The van der Waals surface area contributed by atoms with Gasteiger partial charge in [0.2, 0.25) is 0 Å². The molecule has 144 valence electrons. The molecule has 2 N–H and O–H groups in total. The molecule has 4 rings (SSSR count). The average molecular weight is 362 g/mol. The zero-order valence-electron chi connectivity index (χ0n) is 15.8. The van der Waals surface area contributed by atoms with Gasteiger partial charge in [-0.15, -0.1) is 0 Å². The van der Waals surface area contributed by atoms with Crippen molar-refractivity contribution in [3.05, 3.63) is 35.6 Å². The fraction of sp³-hybridized carbons (Fsp3) is 0.727. The summed E-state index contributed by atoms with van der Waals surface area (Å²) in [4.78, 5) is 0. The third-order valence-corrected chi connectivity index (χ3v) is 7.46. The number of hydrogen-bond donors (Lipinski definition) is 2. The first-order chi connectivity index (χ1) is 12.5. The number of fused-ring (bicyclic) bond motifs is 2. The zero-order valence-corrected chi connectivity index (χ0v) is 15.8. The van der Waals surface area contributed by atoms with Crippen LogP contribution < -0.4 is 5.32 Å². The number of nitrogens with one attached hydrogen (secondary N) is 1. The molecular weight excluding hydrogens is 329 g/mol. The summed E-state index contributed by atoms with van der Waals surface area (Å²) in [6, 6.07) is 6.45. The van der Waals surface area contributed by atoms with Gasteiger partial charge in [0.05, 0.1) is 12.2 Å². The molecule has 2 heterocycles. The van der Waals surface area contributed by atoms with Gasteiger partial charge in [-0.2, -0.15) is 0 Å². The molecule has 3 fully saturated rings. The lowest BCUT2D eigenvalue weighted by Gasteiger charge is -2.32. The number of methoxy groups -OCH3 is 1. The maximum absolute atomic E-state index is 13.6. The van der Waals surface area contributed by atoms with E-state index in [9.17, 15) is 9.50 Å². The molecule has 1 saturated carbocycles. The third-order valence-electron chi connectivity index (χ3n) is 7.46. The van der Waals surface area contributed by atoms with Gasteiger partial charge in [0.25, 0.3) is 0 Å².